The van der Waals surface area contributed by atoms with Crippen LogP contribution in [0.25, 0.3) is 0 Å². The average molecular weight is 156 g/mol. The van der Waals surface area contributed by atoms with Crippen LogP contribution in [0.1, 0.15) is 13.8 Å². The third-order valence-electron chi connectivity index (χ3n) is 1.65. The van der Waals surface area contributed by atoms with E-state index in [1.165, 1.54) is 0 Å². The molecule has 0 aromatic rings. The maximum atomic E-state index is 10.9. The summed E-state index contributed by atoms with van der Waals surface area (Å²) in [5.41, 5.74) is 0.434. The second-order valence-electron chi connectivity index (χ2n) is 2.76. The number of hydrogen-bond acceptors (Lipinski definition) is 3. The van der Waals surface area contributed by atoms with Crippen LogP contribution in [0.5, 0.6) is 0 Å². The largest absolute Gasteiger partial charge is 0.454 e. The van der Waals surface area contributed by atoms with Crippen LogP contribution in [0.15, 0.2) is 12.2 Å². The van der Waals surface area contributed by atoms with E-state index in [-0.39, 0.29) is 18.2 Å². The standard InChI is InChI=1S/C8H12O3/c1-5(2)8(9)11-7-4-10-6(7)3/h6-7H,1,4H2,2-3H3. The van der Waals surface area contributed by atoms with Crippen molar-refractivity contribution in [3.8, 4) is 0 Å². The third kappa shape index (κ3) is 1.80. The molecule has 11 heavy (non-hydrogen) atoms. The third-order valence-corrected chi connectivity index (χ3v) is 1.65. The zero-order valence-electron chi connectivity index (χ0n) is 6.79. The van der Waals surface area contributed by atoms with Gasteiger partial charge in [-0.25, -0.2) is 4.79 Å². The highest BCUT2D eigenvalue weighted by Gasteiger charge is 2.31. The second-order valence-corrected chi connectivity index (χ2v) is 2.76. The fourth-order valence-electron chi connectivity index (χ4n) is 0.735. The lowest BCUT2D eigenvalue weighted by Crippen LogP contribution is -2.45. The molecule has 3 heteroatoms. The maximum absolute atomic E-state index is 10.9. The molecule has 0 aromatic heterocycles. The number of esters is 1. The number of rotatable bonds is 2. The molecular formula is C8H12O3. The minimum Gasteiger partial charge on any atom is -0.454 e. The maximum Gasteiger partial charge on any atom is 0.333 e. The van der Waals surface area contributed by atoms with Crippen molar-refractivity contribution < 1.29 is 14.3 Å². The van der Waals surface area contributed by atoms with Crippen LogP contribution in [-0.4, -0.2) is 24.8 Å². The number of carbonyl (C=O) groups excluding carboxylic acids is 1. The summed E-state index contributed by atoms with van der Waals surface area (Å²) in [6.07, 6.45) is -0.0301. The van der Waals surface area contributed by atoms with Crippen molar-refractivity contribution in [2.75, 3.05) is 6.61 Å². The zero-order valence-corrected chi connectivity index (χ0v) is 6.79. The van der Waals surface area contributed by atoms with Crippen LogP contribution >= 0.6 is 0 Å². The van der Waals surface area contributed by atoms with Crippen LogP contribution in [0, 0.1) is 0 Å². The topological polar surface area (TPSA) is 35.5 Å². The molecule has 0 bridgehead atoms. The molecule has 0 aliphatic carbocycles. The Morgan fingerprint density at radius 1 is 1.73 bits per heavy atom. The van der Waals surface area contributed by atoms with Gasteiger partial charge in [0.05, 0.1) is 12.7 Å². The first-order chi connectivity index (χ1) is 5.11. The van der Waals surface area contributed by atoms with E-state index >= 15 is 0 Å². The molecule has 0 radical (unpaired) electrons. The quantitative estimate of drug-likeness (QED) is 0.440. The van der Waals surface area contributed by atoms with Gasteiger partial charge in [-0.15, -0.1) is 0 Å². The summed E-state index contributed by atoms with van der Waals surface area (Å²) in [7, 11) is 0. The lowest BCUT2D eigenvalue weighted by molar-refractivity contribution is -0.189. The number of hydrogen-bond donors (Lipinski definition) is 0. The van der Waals surface area contributed by atoms with Crippen LogP contribution < -0.4 is 0 Å². The SMILES string of the molecule is C=C(C)C(=O)OC1COC1C. The summed E-state index contributed by atoms with van der Waals surface area (Å²) in [4.78, 5) is 10.9. The fourth-order valence-corrected chi connectivity index (χ4v) is 0.735. The van der Waals surface area contributed by atoms with Gasteiger partial charge in [-0.2, -0.15) is 0 Å². The molecule has 3 nitrogen and oxygen atoms in total. The molecule has 0 N–H and O–H groups in total. The highest BCUT2D eigenvalue weighted by Crippen LogP contribution is 2.16. The molecule has 1 fully saturated rings. The van der Waals surface area contributed by atoms with Gasteiger partial charge in [0, 0.05) is 5.57 Å². The summed E-state index contributed by atoms with van der Waals surface area (Å²) in [5, 5.41) is 0. The Hall–Kier alpha value is -0.830. The van der Waals surface area contributed by atoms with E-state index in [1.807, 2.05) is 6.92 Å². The van der Waals surface area contributed by atoms with E-state index in [2.05, 4.69) is 6.58 Å². The molecule has 0 saturated carbocycles. The first-order valence-corrected chi connectivity index (χ1v) is 3.59. The van der Waals surface area contributed by atoms with Crippen molar-refractivity contribution in [1.29, 1.82) is 0 Å². The zero-order chi connectivity index (χ0) is 8.43. The molecular weight excluding hydrogens is 144 g/mol. The highest BCUT2D eigenvalue weighted by molar-refractivity contribution is 5.87. The first-order valence-electron chi connectivity index (χ1n) is 3.59. The predicted molar refractivity (Wildman–Crippen MR) is 40.1 cm³/mol. The summed E-state index contributed by atoms with van der Waals surface area (Å²) >= 11 is 0. The summed E-state index contributed by atoms with van der Waals surface area (Å²) in [6, 6.07) is 0. The van der Waals surface area contributed by atoms with Gasteiger partial charge in [0.15, 0.2) is 6.10 Å². The minimum atomic E-state index is -0.329. The molecule has 62 valence electrons. The van der Waals surface area contributed by atoms with E-state index in [9.17, 15) is 4.79 Å². The smallest absolute Gasteiger partial charge is 0.333 e. The van der Waals surface area contributed by atoms with Crippen molar-refractivity contribution in [3.05, 3.63) is 12.2 Å². The Morgan fingerprint density at radius 3 is 2.64 bits per heavy atom. The Morgan fingerprint density at radius 2 is 2.36 bits per heavy atom. The summed E-state index contributed by atoms with van der Waals surface area (Å²) in [5.74, 6) is -0.329. The van der Waals surface area contributed by atoms with Crippen molar-refractivity contribution in [1.82, 2.24) is 0 Å². The van der Waals surface area contributed by atoms with Crippen molar-refractivity contribution in [3.63, 3.8) is 0 Å². The Balaban J connectivity index is 2.31. The van der Waals surface area contributed by atoms with E-state index in [4.69, 9.17) is 9.47 Å². The Kier molecular flexibility index (Phi) is 2.29. The molecule has 1 aliphatic rings. The van der Waals surface area contributed by atoms with Crippen molar-refractivity contribution in [2.45, 2.75) is 26.1 Å². The Labute approximate surface area is 66.0 Å². The van der Waals surface area contributed by atoms with Gasteiger partial charge in [0.2, 0.25) is 0 Å². The summed E-state index contributed by atoms with van der Waals surface area (Å²) < 4.78 is 10.0. The molecule has 1 heterocycles. The van der Waals surface area contributed by atoms with Gasteiger partial charge in [-0.1, -0.05) is 6.58 Å². The summed E-state index contributed by atoms with van der Waals surface area (Å²) in [6.45, 7) is 7.50. The molecule has 1 rings (SSSR count). The molecule has 1 saturated heterocycles. The average Bonchev–Trinajstić information content (AvgIpc) is 1.96. The van der Waals surface area contributed by atoms with Gasteiger partial charge in [0.25, 0.3) is 0 Å². The number of carbonyl (C=O) groups is 1. The highest BCUT2D eigenvalue weighted by atomic mass is 16.6. The number of ether oxygens (including phenoxy) is 2. The van der Waals surface area contributed by atoms with Crippen molar-refractivity contribution in [2.24, 2.45) is 0 Å². The first kappa shape index (κ1) is 8.27. The molecule has 0 amide bonds. The van der Waals surface area contributed by atoms with Gasteiger partial charge in [-0.3, -0.25) is 0 Å². The van der Waals surface area contributed by atoms with Crippen LogP contribution in [0.4, 0.5) is 0 Å². The van der Waals surface area contributed by atoms with E-state index < -0.39 is 0 Å². The minimum absolute atomic E-state index is 0.0401. The predicted octanol–water partition coefficient (Wildman–Crippen LogP) is 0.893. The monoisotopic (exact) mass is 156 g/mol. The van der Waals surface area contributed by atoms with Crippen molar-refractivity contribution >= 4 is 5.97 Å². The lowest BCUT2D eigenvalue weighted by atomic mass is 10.1. The van der Waals surface area contributed by atoms with E-state index in [1.54, 1.807) is 6.92 Å². The molecule has 2 unspecified atom stereocenters. The van der Waals surface area contributed by atoms with Gasteiger partial charge >= 0.3 is 5.97 Å². The lowest BCUT2D eigenvalue weighted by Gasteiger charge is -2.33. The molecule has 0 aromatic carbocycles. The normalized spacial score (nSPS) is 28.9. The molecule has 0 spiro atoms. The Bertz CT molecular complexity index is 186. The van der Waals surface area contributed by atoms with Gasteiger partial charge in [-0.05, 0) is 13.8 Å². The van der Waals surface area contributed by atoms with Crippen LogP contribution in [0.3, 0.4) is 0 Å². The molecule has 1 aliphatic heterocycles. The van der Waals surface area contributed by atoms with E-state index in [0.717, 1.165) is 0 Å². The van der Waals surface area contributed by atoms with Crippen LogP contribution in [-0.2, 0) is 14.3 Å². The second kappa shape index (κ2) is 3.05. The molecule has 2 atom stereocenters. The van der Waals surface area contributed by atoms with E-state index in [0.29, 0.717) is 12.2 Å². The fraction of sp³-hybridized carbons (Fsp3) is 0.625. The van der Waals surface area contributed by atoms with Gasteiger partial charge < -0.3 is 9.47 Å². The van der Waals surface area contributed by atoms with Crippen LogP contribution in [0.2, 0.25) is 0 Å². The van der Waals surface area contributed by atoms with Gasteiger partial charge in [0.1, 0.15) is 0 Å².